The third-order valence-electron chi connectivity index (χ3n) is 1.69. The van der Waals surface area contributed by atoms with Crippen molar-refractivity contribution < 1.29 is 9.31 Å². The van der Waals surface area contributed by atoms with Crippen LogP contribution < -0.4 is 0 Å². The Bertz CT molecular complexity index is 354. The summed E-state index contributed by atoms with van der Waals surface area (Å²) in [5.41, 5.74) is -0.00744. The van der Waals surface area contributed by atoms with Crippen LogP contribution in [-0.4, -0.2) is 4.92 Å². The van der Waals surface area contributed by atoms with Gasteiger partial charge in [-0.1, -0.05) is 18.5 Å². The second-order valence-electron chi connectivity index (χ2n) is 2.51. The molecule has 0 fully saturated rings. The maximum Gasteiger partial charge on any atom is 0.290 e. The molecule has 0 radical (unpaired) electrons. The molecule has 0 unspecified atom stereocenters. The summed E-state index contributed by atoms with van der Waals surface area (Å²) in [6, 6.07) is 2.14. The normalized spacial score (nSPS) is 10.1. The average Bonchev–Trinajstić information content (AvgIpc) is 2.07. The first kappa shape index (κ1) is 9.92. The van der Waals surface area contributed by atoms with Crippen LogP contribution in [0.15, 0.2) is 12.1 Å². The van der Waals surface area contributed by atoms with E-state index >= 15 is 0 Å². The summed E-state index contributed by atoms with van der Waals surface area (Å²) in [5, 5.41) is 10.3. The predicted octanol–water partition coefficient (Wildman–Crippen LogP) is 2.95. The second kappa shape index (κ2) is 3.70. The Morgan fingerprint density at radius 3 is 2.69 bits per heavy atom. The van der Waals surface area contributed by atoms with E-state index in [0.29, 0.717) is 12.0 Å². The molecule has 5 heteroatoms. The molecule has 1 rings (SSSR count). The summed E-state index contributed by atoms with van der Waals surface area (Å²) in [5.74, 6) is -0.585. The van der Waals surface area contributed by atoms with Crippen molar-refractivity contribution in [1.82, 2.24) is 0 Å². The molecule has 0 heterocycles. The summed E-state index contributed by atoms with van der Waals surface area (Å²) in [7, 11) is 0. The van der Waals surface area contributed by atoms with E-state index in [9.17, 15) is 14.5 Å². The Morgan fingerprint density at radius 1 is 1.62 bits per heavy atom. The highest BCUT2D eigenvalue weighted by Crippen LogP contribution is 2.27. The molecule has 0 aromatic heterocycles. The molecule has 0 amide bonds. The molecule has 0 aliphatic carbocycles. The zero-order valence-electron chi connectivity index (χ0n) is 6.88. The summed E-state index contributed by atoms with van der Waals surface area (Å²) in [6.45, 7) is 1.75. The topological polar surface area (TPSA) is 43.1 Å². The van der Waals surface area contributed by atoms with Crippen molar-refractivity contribution in [3.05, 3.63) is 38.7 Å². The van der Waals surface area contributed by atoms with Crippen LogP contribution in [0.4, 0.5) is 10.1 Å². The Hall–Kier alpha value is -1.16. The number of benzene rings is 1. The van der Waals surface area contributed by atoms with Crippen molar-refractivity contribution in [1.29, 1.82) is 0 Å². The minimum atomic E-state index is -0.704. The van der Waals surface area contributed by atoms with Gasteiger partial charge in [0.15, 0.2) is 0 Å². The van der Waals surface area contributed by atoms with Gasteiger partial charge < -0.3 is 0 Å². The van der Waals surface area contributed by atoms with Crippen molar-refractivity contribution in [3.8, 4) is 0 Å². The minimum Gasteiger partial charge on any atom is -0.258 e. The second-order valence-corrected chi connectivity index (χ2v) is 2.91. The minimum absolute atomic E-state index is 0.0248. The third-order valence-corrected chi connectivity index (χ3v) is 2.00. The van der Waals surface area contributed by atoms with Crippen LogP contribution in [0.3, 0.4) is 0 Å². The van der Waals surface area contributed by atoms with Gasteiger partial charge in [0.1, 0.15) is 10.8 Å². The molecule has 3 nitrogen and oxygen atoms in total. The van der Waals surface area contributed by atoms with E-state index in [2.05, 4.69) is 0 Å². The lowest BCUT2D eigenvalue weighted by molar-refractivity contribution is -0.384. The number of hydrogen-bond donors (Lipinski definition) is 0. The van der Waals surface area contributed by atoms with E-state index in [0.717, 1.165) is 6.07 Å². The molecule has 0 atom stereocenters. The maximum atomic E-state index is 13.0. The fraction of sp³-hybridized carbons (Fsp3) is 0.250. The molecule has 0 N–H and O–H groups in total. The molecule has 0 aliphatic rings. The summed E-state index contributed by atoms with van der Waals surface area (Å²) in [4.78, 5) is 9.62. The van der Waals surface area contributed by atoms with Gasteiger partial charge in [0, 0.05) is 0 Å². The number of nitrogens with zero attached hydrogens (tertiary/aromatic N) is 1. The lowest BCUT2D eigenvalue weighted by Crippen LogP contribution is -1.94. The number of nitro groups is 1. The smallest absolute Gasteiger partial charge is 0.258 e. The van der Waals surface area contributed by atoms with Crippen molar-refractivity contribution in [2.24, 2.45) is 0 Å². The van der Waals surface area contributed by atoms with Crippen molar-refractivity contribution >= 4 is 17.3 Å². The van der Waals surface area contributed by atoms with Crippen molar-refractivity contribution in [3.63, 3.8) is 0 Å². The Morgan fingerprint density at radius 2 is 2.23 bits per heavy atom. The van der Waals surface area contributed by atoms with Crippen molar-refractivity contribution in [2.75, 3.05) is 0 Å². The predicted molar refractivity (Wildman–Crippen MR) is 47.4 cm³/mol. The largest absolute Gasteiger partial charge is 0.290 e. The lowest BCUT2D eigenvalue weighted by Gasteiger charge is -2.00. The maximum absolute atomic E-state index is 13.0. The average molecular weight is 204 g/mol. The molecule has 1 aromatic carbocycles. The summed E-state index contributed by atoms with van der Waals surface area (Å²) < 4.78 is 13.0. The third kappa shape index (κ3) is 1.95. The van der Waals surface area contributed by atoms with E-state index in [4.69, 9.17) is 11.6 Å². The van der Waals surface area contributed by atoms with Gasteiger partial charge in [0.25, 0.3) is 5.69 Å². The molecule has 0 spiro atoms. The Balaban J connectivity index is 3.28. The number of hydrogen-bond acceptors (Lipinski definition) is 2. The van der Waals surface area contributed by atoms with Gasteiger partial charge in [-0.05, 0) is 18.1 Å². The number of nitro benzene ring substituents is 1. The van der Waals surface area contributed by atoms with Gasteiger partial charge in [-0.3, -0.25) is 10.1 Å². The standard InChI is InChI=1S/C8H7ClFNO2/c1-2-5-3-6(9)8(11(12)13)4-7(5)10/h3-4H,2H2,1H3. The monoisotopic (exact) mass is 203 g/mol. The van der Waals surface area contributed by atoms with E-state index < -0.39 is 16.4 Å². The molecule has 0 saturated carbocycles. The van der Waals surface area contributed by atoms with Gasteiger partial charge in [-0.15, -0.1) is 0 Å². The molecular weight excluding hydrogens is 197 g/mol. The van der Waals surface area contributed by atoms with Gasteiger partial charge in [0.05, 0.1) is 11.0 Å². The van der Waals surface area contributed by atoms with Crippen LogP contribution in [0.2, 0.25) is 5.02 Å². The number of rotatable bonds is 2. The summed E-state index contributed by atoms with van der Waals surface area (Å²) >= 11 is 5.57. The molecule has 0 aliphatic heterocycles. The molecule has 0 saturated heterocycles. The van der Waals surface area contributed by atoms with Crippen LogP contribution in [0.1, 0.15) is 12.5 Å². The van der Waals surface area contributed by atoms with Gasteiger partial charge in [0.2, 0.25) is 0 Å². The zero-order chi connectivity index (χ0) is 10.0. The van der Waals surface area contributed by atoms with Gasteiger partial charge in [-0.2, -0.15) is 0 Å². The number of halogens is 2. The van der Waals surface area contributed by atoms with E-state index in [1.165, 1.54) is 6.07 Å². The first-order valence-electron chi connectivity index (χ1n) is 3.68. The van der Waals surface area contributed by atoms with Crippen LogP contribution in [0.5, 0.6) is 0 Å². The first-order chi connectivity index (χ1) is 6.06. The van der Waals surface area contributed by atoms with E-state index in [1.54, 1.807) is 6.92 Å². The fourth-order valence-electron chi connectivity index (χ4n) is 0.988. The lowest BCUT2D eigenvalue weighted by atomic mass is 10.1. The Kier molecular flexibility index (Phi) is 2.83. The molecule has 13 heavy (non-hydrogen) atoms. The van der Waals surface area contributed by atoms with Crippen molar-refractivity contribution in [2.45, 2.75) is 13.3 Å². The van der Waals surface area contributed by atoms with Crippen LogP contribution in [-0.2, 0) is 6.42 Å². The molecule has 1 aromatic rings. The van der Waals surface area contributed by atoms with Crippen LogP contribution in [0.25, 0.3) is 0 Å². The van der Waals surface area contributed by atoms with Gasteiger partial charge in [-0.25, -0.2) is 4.39 Å². The van der Waals surface area contributed by atoms with Crippen LogP contribution >= 0.6 is 11.6 Å². The highest BCUT2D eigenvalue weighted by atomic mass is 35.5. The zero-order valence-corrected chi connectivity index (χ0v) is 7.64. The highest BCUT2D eigenvalue weighted by molar-refractivity contribution is 6.32. The first-order valence-corrected chi connectivity index (χ1v) is 4.06. The number of aryl methyl sites for hydroxylation is 1. The highest BCUT2D eigenvalue weighted by Gasteiger charge is 2.15. The van der Waals surface area contributed by atoms with E-state index in [-0.39, 0.29) is 5.02 Å². The quantitative estimate of drug-likeness (QED) is 0.548. The molecular formula is C8H7ClFNO2. The molecule has 70 valence electrons. The van der Waals surface area contributed by atoms with E-state index in [1.807, 2.05) is 0 Å². The Labute approximate surface area is 79.3 Å². The SMILES string of the molecule is CCc1cc(Cl)c([N+](=O)[O-])cc1F. The fourth-order valence-corrected chi connectivity index (χ4v) is 1.24. The van der Waals surface area contributed by atoms with Crippen LogP contribution in [0, 0.1) is 15.9 Å². The summed E-state index contributed by atoms with van der Waals surface area (Å²) in [6.07, 6.45) is 0.462. The molecule has 0 bridgehead atoms. The van der Waals surface area contributed by atoms with Gasteiger partial charge >= 0.3 is 0 Å².